The maximum atomic E-state index is 13.6. The number of nitrogens with zero attached hydrogens (tertiary/aromatic N) is 1. The Morgan fingerprint density at radius 1 is 1.28 bits per heavy atom. The lowest BCUT2D eigenvalue weighted by Gasteiger charge is -2.29. The third-order valence-corrected chi connectivity index (χ3v) is 3.83. The van der Waals surface area contributed by atoms with Gasteiger partial charge in [-0.15, -0.1) is 11.6 Å². The van der Waals surface area contributed by atoms with Crippen LogP contribution in [0, 0.1) is 11.6 Å². The quantitative estimate of drug-likeness (QED) is 0.717. The molecule has 2 nitrogen and oxygen atoms in total. The zero-order valence-electron chi connectivity index (χ0n) is 9.43. The monoisotopic (exact) mass is 337 g/mol. The van der Waals surface area contributed by atoms with E-state index in [-0.39, 0.29) is 9.85 Å². The van der Waals surface area contributed by atoms with E-state index in [9.17, 15) is 13.6 Å². The molecular weight excluding hydrogens is 327 g/mol. The third kappa shape index (κ3) is 2.83. The summed E-state index contributed by atoms with van der Waals surface area (Å²) in [6, 6.07) is 2.18. The van der Waals surface area contributed by atoms with Gasteiger partial charge in [0.2, 0.25) is 0 Å². The van der Waals surface area contributed by atoms with E-state index >= 15 is 0 Å². The Kier molecular flexibility index (Phi) is 4.22. The number of alkyl halides is 1. The normalized spacial score (nSPS) is 17.0. The first kappa shape index (κ1) is 13.7. The highest BCUT2D eigenvalue weighted by atomic mass is 79.9. The lowest BCUT2D eigenvalue weighted by molar-refractivity contribution is 0.0716. The first-order valence-electron chi connectivity index (χ1n) is 5.57. The number of carbonyl (C=O) groups is 1. The smallest absolute Gasteiger partial charge is 0.259 e. The number of likely N-dealkylation sites (tertiary alicyclic amines) is 1. The number of hydrogen-bond acceptors (Lipinski definition) is 1. The van der Waals surface area contributed by atoms with E-state index in [1.165, 1.54) is 4.90 Å². The topological polar surface area (TPSA) is 20.3 Å². The van der Waals surface area contributed by atoms with Gasteiger partial charge in [-0.2, -0.15) is 0 Å². The minimum atomic E-state index is -0.847. The standard InChI is InChI=1S/C12H11BrClF2NO/c13-7-5-9(15)11(10(16)6-7)12(18)17-3-1-8(14)2-4-17/h5-6,8H,1-4H2. The predicted octanol–water partition coefficient (Wildman–Crippen LogP) is 3.57. The summed E-state index contributed by atoms with van der Waals surface area (Å²) in [6.45, 7) is 0.865. The van der Waals surface area contributed by atoms with Gasteiger partial charge in [-0.1, -0.05) is 15.9 Å². The number of hydrogen-bond donors (Lipinski definition) is 0. The van der Waals surface area contributed by atoms with Crippen LogP contribution in [-0.4, -0.2) is 29.3 Å². The second kappa shape index (κ2) is 5.53. The molecule has 0 saturated carbocycles. The molecule has 1 heterocycles. The Bertz CT molecular complexity index is 452. The molecule has 1 aromatic rings. The van der Waals surface area contributed by atoms with Gasteiger partial charge in [0.05, 0.1) is 0 Å². The lowest BCUT2D eigenvalue weighted by Crippen LogP contribution is -2.39. The van der Waals surface area contributed by atoms with Crippen LogP contribution >= 0.6 is 27.5 Å². The van der Waals surface area contributed by atoms with Crippen LogP contribution in [-0.2, 0) is 0 Å². The molecule has 0 atom stereocenters. The van der Waals surface area contributed by atoms with E-state index in [0.717, 1.165) is 12.1 Å². The molecule has 1 amide bonds. The average Bonchev–Trinajstić information content (AvgIpc) is 2.28. The zero-order chi connectivity index (χ0) is 13.3. The molecule has 18 heavy (non-hydrogen) atoms. The largest absolute Gasteiger partial charge is 0.338 e. The van der Waals surface area contributed by atoms with Crippen molar-refractivity contribution in [3.05, 3.63) is 33.8 Å². The molecule has 1 aliphatic rings. The van der Waals surface area contributed by atoms with Crippen molar-refractivity contribution in [1.82, 2.24) is 4.90 Å². The fraction of sp³-hybridized carbons (Fsp3) is 0.417. The molecule has 0 bridgehead atoms. The zero-order valence-corrected chi connectivity index (χ0v) is 11.8. The second-order valence-electron chi connectivity index (χ2n) is 4.21. The minimum Gasteiger partial charge on any atom is -0.338 e. The van der Waals surface area contributed by atoms with E-state index in [4.69, 9.17) is 11.6 Å². The first-order valence-corrected chi connectivity index (χ1v) is 6.80. The van der Waals surface area contributed by atoms with Gasteiger partial charge in [-0.25, -0.2) is 8.78 Å². The number of benzene rings is 1. The molecule has 0 aliphatic carbocycles. The van der Waals surface area contributed by atoms with Crippen molar-refractivity contribution in [2.75, 3.05) is 13.1 Å². The summed E-state index contributed by atoms with van der Waals surface area (Å²) >= 11 is 8.90. The molecule has 0 radical (unpaired) electrons. The number of amides is 1. The van der Waals surface area contributed by atoms with Crippen LogP contribution in [0.4, 0.5) is 8.78 Å². The van der Waals surface area contributed by atoms with Crippen molar-refractivity contribution in [3.63, 3.8) is 0 Å². The molecule has 0 N–H and O–H groups in total. The number of rotatable bonds is 1. The summed E-state index contributed by atoms with van der Waals surface area (Å²) in [5.41, 5.74) is -0.494. The van der Waals surface area contributed by atoms with Gasteiger partial charge in [0.1, 0.15) is 17.2 Å². The molecule has 1 aliphatic heterocycles. The fourth-order valence-corrected chi connectivity index (χ4v) is 2.55. The van der Waals surface area contributed by atoms with Gasteiger partial charge in [0.25, 0.3) is 5.91 Å². The van der Waals surface area contributed by atoms with Crippen LogP contribution in [0.5, 0.6) is 0 Å². The molecule has 0 unspecified atom stereocenters. The van der Waals surface area contributed by atoms with Crippen molar-refractivity contribution >= 4 is 33.4 Å². The molecule has 1 fully saturated rings. The maximum absolute atomic E-state index is 13.6. The highest BCUT2D eigenvalue weighted by Gasteiger charge is 2.27. The van der Waals surface area contributed by atoms with Gasteiger partial charge < -0.3 is 4.90 Å². The molecule has 0 spiro atoms. The molecule has 98 valence electrons. The Balaban J connectivity index is 2.24. The molecule has 1 aromatic carbocycles. The van der Waals surface area contributed by atoms with Crippen molar-refractivity contribution in [1.29, 1.82) is 0 Å². The third-order valence-electron chi connectivity index (χ3n) is 2.93. The van der Waals surface area contributed by atoms with Crippen LogP contribution in [0.25, 0.3) is 0 Å². The van der Waals surface area contributed by atoms with Crippen molar-refractivity contribution in [3.8, 4) is 0 Å². The number of piperidine rings is 1. The molecular formula is C12H11BrClF2NO. The van der Waals surface area contributed by atoms with E-state index in [0.29, 0.717) is 25.9 Å². The van der Waals surface area contributed by atoms with Crippen molar-refractivity contribution in [2.45, 2.75) is 18.2 Å². The number of carbonyl (C=O) groups excluding carboxylic acids is 1. The predicted molar refractivity (Wildman–Crippen MR) is 68.8 cm³/mol. The van der Waals surface area contributed by atoms with Crippen molar-refractivity contribution < 1.29 is 13.6 Å². The highest BCUT2D eigenvalue weighted by molar-refractivity contribution is 9.10. The maximum Gasteiger partial charge on any atom is 0.259 e. The summed E-state index contributed by atoms with van der Waals surface area (Å²) in [5.74, 6) is -2.30. The van der Waals surface area contributed by atoms with Crippen LogP contribution in [0.15, 0.2) is 16.6 Å². The Hall–Kier alpha value is -0.680. The van der Waals surface area contributed by atoms with E-state index in [1.807, 2.05) is 0 Å². The van der Waals surface area contributed by atoms with Gasteiger partial charge in [-0.3, -0.25) is 4.79 Å². The second-order valence-corrected chi connectivity index (χ2v) is 5.74. The van der Waals surface area contributed by atoms with Crippen LogP contribution in [0.1, 0.15) is 23.2 Å². The molecule has 0 aromatic heterocycles. The van der Waals surface area contributed by atoms with Gasteiger partial charge in [0, 0.05) is 22.9 Å². The Morgan fingerprint density at radius 3 is 2.28 bits per heavy atom. The highest BCUT2D eigenvalue weighted by Crippen LogP contribution is 2.23. The average molecular weight is 339 g/mol. The summed E-state index contributed by atoms with van der Waals surface area (Å²) in [4.78, 5) is 13.5. The minimum absolute atomic E-state index is 0.0358. The number of halogens is 4. The lowest BCUT2D eigenvalue weighted by atomic mass is 10.1. The van der Waals surface area contributed by atoms with Gasteiger partial charge >= 0.3 is 0 Å². The van der Waals surface area contributed by atoms with Crippen LogP contribution in [0.2, 0.25) is 0 Å². The fourth-order valence-electron chi connectivity index (χ4n) is 1.96. The van der Waals surface area contributed by atoms with E-state index in [1.54, 1.807) is 0 Å². The Labute approximate surface area is 117 Å². The van der Waals surface area contributed by atoms with Gasteiger partial charge in [-0.05, 0) is 25.0 Å². The molecule has 1 saturated heterocycles. The summed E-state index contributed by atoms with van der Waals surface area (Å²) in [7, 11) is 0. The summed E-state index contributed by atoms with van der Waals surface area (Å²) in [6.07, 6.45) is 1.29. The van der Waals surface area contributed by atoms with E-state index in [2.05, 4.69) is 15.9 Å². The summed E-state index contributed by atoms with van der Waals surface area (Å²) < 4.78 is 27.6. The first-order chi connectivity index (χ1) is 8.49. The van der Waals surface area contributed by atoms with Crippen molar-refractivity contribution in [2.24, 2.45) is 0 Å². The SMILES string of the molecule is O=C(c1c(F)cc(Br)cc1F)N1CCC(Cl)CC1. The molecule has 2 rings (SSSR count). The summed E-state index contributed by atoms with van der Waals surface area (Å²) in [5, 5.41) is 0.0358. The Morgan fingerprint density at radius 2 is 1.78 bits per heavy atom. The van der Waals surface area contributed by atoms with E-state index < -0.39 is 23.1 Å². The van der Waals surface area contributed by atoms with Crippen LogP contribution < -0.4 is 0 Å². The van der Waals surface area contributed by atoms with Gasteiger partial charge in [0.15, 0.2) is 0 Å². The van der Waals surface area contributed by atoms with Crippen LogP contribution in [0.3, 0.4) is 0 Å². The molecule has 6 heteroatoms.